The minimum Gasteiger partial charge on any atom is -0.467 e. The highest BCUT2D eigenvalue weighted by atomic mass is 16.5. The summed E-state index contributed by atoms with van der Waals surface area (Å²) >= 11 is 0. The zero-order chi connectivity index (χ0) is 16.7. The number of imidazole rings is 1. The van der Waals surface area contributed by atoms with E-state index in [1.165, 1.54) is 7.11 Å². The van der Waals surface area contributed by atoms with Gasteiger partial charge in [0.05, 0.1) is 31.4 Å². The first-order chi connectivity index (χ1) is 10.2. The molecule has 6 heteroatoms. The summed E-state index contributed by atoms with van der Waals surface area (Å²) in [5.74, 6) is -0.438. The number of nitrogens with zero attached hydrogens (tertiary/aromatic N) is 3. The Bertz CT molecular complexity index is 584. The molecule has 1 aliphatic heterocycles. The van der Waals surface area contributed by atoms with Gasteiger partial charge in [-0.2, -0.15) is 0 Å². The highest BCUT2D eigenvalue weighted by Gasteiger charge is 2.41. The van der Waals surface area contributed by atoms with E-state index >= 15 is 0 Å². The first-order valence-corrected chi connectivity index (χ1v) is 7.60. The molecule has 0 spiro atoms. The first kappa shape index (κ1) is 16.5. The van der Waals surface area contributed by atoms with Crippen LogP contribution in [0.5, 0.6) is 0 Å². The molecule has 2 rings (SSSR count). The van der Waals surface area contributed by atoms with Crippen LogP contribution in [0.15, 0.2) is 6.33 Å². The maximum absolute atomic E-state index is 12.8. The molecule has 0 aromatic carbocycles. The lowest BCUT2D eigenvalue weighted by atomic mass is 9.91. The summed E-state index contributed by atoms with van der Waals surface area (Å²) in [6.07, 6.45) is 2.19. The quantitative estimate of drug-likeness (QED) is 0.783. The van der Waals surface area contributed by atoms with E-state index in [9.17, 15) is 9.59 Å². The van der Waals surface area contributed by atoms with Gasteiger partial charge in [0.25, 0.3) is 0 Å². The zero-order valence-electron chi connectivity index (χ0n) is 14.2. The van der Waals surface area contributed by atoms with E-state index in [0.717, 1.165) is 11.4 Å². The van der Waals surface area contributed by atoms with Crippen molar-refractivity contribution >= 4 is 11.9 Å². The fourth-order valence-electron chi connectivity index (χ4n) is 2.77. The fraction of sp³-hybridized carbons (Fsp3) is 0.688. The maximum Gasteiger partial charge on any atom is 0.329 e. The second-order valence-electron chi connectivity index (χ2n) is 7.07. The number of hydrogen-bond donors (Lipinski definition) is 0. The topological polar surface area (TPSA) is 64.4 Å². The summed E-state index contributed by atoms with van der Waals surface area (Å²) in [5.41, 5.74) is 1.33. The predicted octanol–water partition coefficient (Wildman–Crippen LogP) is 1.94. The number of carbonyl (C=O) groups is 2. The molecule has 0 saturated heterocycles. The molecule has 6 nitrogen and oxygen atoms in total. The predicted molar refractivity (Wildman–Crippen MR) is 82.1 cm³/mol. The molecule has 0 bridgehead atoms. The van der Waals surface area contributed by atoms with Crippen molar-refractivity contribution in [2.24, 2.45) is 5.41 Å². The Kier molecular flexibility index (Phi) is 4.31. The van der Waals surface area contributed by atoms with Crippen molar-refractivity contribution in [3.8, 4) is 0 Å². The standard InChI is InChI=1S/C16H25N3O3/c1-10(2)19-9-17-11-7-12(14(20)22-6)18(8-13(11)19)15(21)16(3,4)5/h9-10,12H,7-8H2,1-6H3/t12-/m0/s1. The van der Waals surface area contributed by atoms with Gasteiger partial charge in [0.1, 0.15) is 6.04 Å². The molecular formula is C16H25N3O3. The summed E-state index contributed by atoms with van der Waals surface area (Å²) in [6, 6.07) is -0.336. The lowest BCUT2D eigenvalue weighted by molar-refractivity contribution is -0.157. The lowest BCUT2D eigenvalue weighted by Gasteiger charge is -2.37. The average molecular weight is 307 g/mol. The van der Waals surface area contributed by atoms with Gasteiger partial charge in [-0.3, -0.25) is 4.79 Å². The molecule has 122 valence electrons. The van der Waals surface area contributed by atoms with Crippen molar-refractivity contribution in [3.63, 3.8) is 0 Å². The van der Waals surface area contributed by atoms with Crippen molar-refractivity contribution in [3.05, 3.63) is 17.7 Å². The van der Waals surface area contributed by atoms with Crippen LogP contribution in [0.25, 0.3) is 0 Å². The maximum atomic E-state index is 12.8. The van der Waals surface area contributed by atoms with Crippen LogP contribution in [0, 0.1) is 5.41 Å². The molecule has 1 atom stereocenters. The van der Waals surface area contributed by atoms with Gasteiger partial charge in [0.2, 0.25) is 5.91 Å². The van der Waals surface area contributed by atoms with Gasteiger partial charge in [-0.05, 0) is 13.8 Å². The number of esters is 1. The molecular weight excluding hydrogens is 282 g/mol. The third-order valence-corrected chi connectivity index (χ3v) is 4.00. The largest absolute Gasteiger partial charge is 0.467 e. The Balaban J connectivity index is 2.43. The normalized spacial score (nSPS) is 18.3. The minimum absolute atomic E-state index is 0.0509. The summed E-state index contributed by atoms with van der Waals surface area (Å²) in [6.45, 7) is 10.1. The number of methoxy groups -OCH3 is 1. The van der Waals surface area contributed by atoms with Crippen LogP contribution in [-0.4, -0.2) is 39.5 Å². The van der Waals surface area contributed by atoms with Crippen LogP contribution in [0.1, 0.15) is 52.0 Å². The van der Waals surface area contributed by atoms with Gasteiger partial charge in [0, 0.05) is 17.9 Å². The third kappa shape index (κ3) is 2.87. The van der Waals surface area contributed by atoms with Gasteiger partial charge < -0.3 is 14.2 Å². The number of rotatable bonds is 2. The first-order valence-electron chi connectivity index (χ1n) is 7.60. The van der Waals surface area contributed by atoms with Crippen LogP contribution in [0.2, 0.25) is 0 Å². The molecule has 0 N–H and O–H groups in total. The third-order valence-electron chi connectivity index (χ3n) is 4.00. The van der Waals surface area contributed by atoms with Crippen LogP contribution in [-0.2, 0) is 27.3 Å². The van der Waals surface area contributed by atoms with E-state index in [2.05, 4.69) is 23.4 Å². The van der Waals surface area contributed by atoms with E-state index in [0.29, 0.717) is 13.0 Å². The highest BCUT2D eigenvalue weighted by molar-refractivity contribution is 5.88. The van der Waals surface area contributed by atoms with Crippen LogP contribution in [0.4, 0.5) is 0 Å². The smallest absolute Gasteiger partial charge is 0.329 e. The number of amides is 1. The Morgan fingerprint density at radius 2 is 2.00 bits per heavy atom. The van der Waals surface area contributed by atoms with E-state index in [4.69, 9.17) is 4.74 Å². The summed E-state index contributed by atoms with van der Waals surface area (Å²) in [5, 5.41) is 0. The fourth-order valence-corrected chi connectivity index (χ4v) is 2.77. The Labute approximate surface area is 131 Å². The SMILES string of the molecule is COC(=O)[C@@H]1Cc2ncn(C(C)C)c2CN1C(=O)C(C)(C)C. The molecule has 0 fully saturated rings. The van der Waals surface area contributed by atoms with E-state index in [-0.39, 0.29) is 17.9 Å². The van der Waals surface area contributed by atoms with Crippen molar-refractivity contribution in [1.82, 2.24) is 14.5 Å². The highest BCUT2D eigenvalue weighted by Crippen LogP contribution is 2.29. The summed E-state index contributed by atoms with van der Waals surface area (Å²) < 4.78 is 6.95. The van der Waals surface area contributed by atoms with Gasteiger partial charge in [-0.1, -0.05) is 20.8 Å². The number of carbonyl (C=O) groups excluding carboxylic acids is 2. The lowest BCUT2D eigenvalue weighted by Crippen LogP contribution is -2.52. The Morgan fingerprint density at radius 1 is 1.36 bits per heavy atom. The van der Waals surface area contributed by atoms with E-state index in [1.54, 1.807) is 11.2 Å². The molecule has 1 aromatic heterocycles. The molecule has 2 heterocycles. The van der Waals surface area contributed by atoms with Crippen LogP contribution < -0.4 is 0 Å². The van der Waals surface area contributed by atoms with Crippen LogP contribution >= 0.6 is 0 Å². The van der Waals surface area contributed by atoms with Gasteiger partial charge in [-0.15, -0.1) is 0 Å². The minimum atomic E-state index is -0.597. The molecule has 1 amide bonds. The Morgan fingerprint density at radius 3 is 2.50 bits per heavy atom. The average Bonchev–Trinajstić information content (AvgIpc) is 2.86. The molecule has 0 saturated carbocycles. The Hall–Kier alpha value is -1.85. The van der Waals surface area contributed by atoms with E-state index in [1.807, 2.05) is 20.8 Å². The van der Waals surface area contributed by atoms with Crippen molar-refractivity contribution in [2.45, 2.75) is 59.7 Å². The van der Waals surface area contributed by atoms with Crippen molar-refractivity contribution < 1.29 is 14.3 Å². The molecule has 1 aromatic rings. The number of fused-ring (bicyclic) bond motifs is 1. The molecule has 22 heavy (non-hydrogen) atoms. The van der Waals surface area contributed by atoms with E-state index < -0.39 is 11.5 Å². The van der Waals surface area contributed by atoms with Gasteiger partial charge in [0.15, 0.2) is 0 Å². The molecule has 0 aliphatic carbocycles. The summed E-state index contributed by atoms with van der Waals surface area (Å²) in [4.78, 5) is 30.9. The zero-order valence-corrected chi connectivity index (χ0v) is 14.2. The summed E-state index contributed by atoms with van der Waals surface area (Å²) in [7, 11) is 1.35. The monoisotopic (exact) mass is 307 g/mol. The number of hydrogen-bond acceptors (Lipinski definition) is 4. The van der Waals surface area contributed by atoms with Crippen LogP contribution in [0.3, 0.4) is 0 Å². The van der Waals surface area contributed by atoms with Crippen molar-refractivity contribution in [1.29, 1.82) is 0 Å². The molecule has 0 unspecified atom stereocenters. The van der Waals surface area contributed by atoms with Gasteiger partial charge >= 0.3 is 5.97 Å². The molecule has 0 radical (unpaired) electrons. The second kappa shape index (κ2) is 5.74. The second-order valence-corrected chi connectivity index (χ2v) is 7.07. The molecule has 1 aliphatic rings. The van der Waals surface area contributed by atoms with Crippen molar-refractivity contribution in [2.75, 3.05) is 7.11 Å². The van der Waals surface area contributed by atoms with Gasteiger partial charge in [-0.25, -0.2) is 9.78 Å². The number of aromatic nitrogens is 2. The number of ether oxygens (including phenoxy) is 1.